The molecule has 0 aliphatic heterocycles. The van der Waals surface area contributed by atoms with Gasteiger partial charge in [0.25, 0.3) is 6.43 Å². The van der Waals surface area contributed by atoms with Gasteiger partial charge in [0, 0.05) is 20.2 Å². The molecule has 1 heterocycles. The van der Waals surface area contributed by atoms with Gasteiger partial charge in [-0.3, -0.25) is 0 Å². The number of aromatic nitrogens is 2. The number of nitrogens with one attached hydrogen (secondary N) is 2. The van der Waals surface area contributed by atoms with Gasteiger partial charge in [0.05, 0.1) is 23.8 Å². The van der Waals surface area contributed by atoms with Gasteiger partial charge in [0.15, 0.2) is 0 Å². The number of ether oxygens (including phenoxy) is 1. The Morgan fingerprint density at radius 3 is 2.52 bits per heavy atom. The second kappa shape index (κ2) is 8.18. The number of alkyl halides is 2. The minimum Gasteiger partial charge on any atom is -0.485 e. The zero-order chi connectivity index (χ0) is 18.4. The van der Waals surface area contributed by atoms with Crippen LogP contribution in [0.2, 0.25) is 0 Å². The molecule has 0 atom stereocenters. The number of anilines is 3. The van der Waals surface area contributed by atoms with E-state index < -0.39 is 24.9 Å². The lowest BCUT2D eigenvalue weighted by Crippen LogP contribution is -2.21. The van der Waals surface area contributed by atoms with Gasteiger partial charge in [-0.25, -0.2) is 27.9 Å². The summed E-state index contributed by atoms with van der Waals surface area (Å²) in [5.41, 5.74) is 0.366. The normalized spacial score (nSPS) is 10.5. The molecular weight excluding hydrogens is 339 g/mol. The maximum atomic E-state index is 13.2. The van der Waals surface area contributed by atoms with Crippen molar-refractivity contribution in [2.75, 3.05) is 36.2 Å². The summed E-state index contributed by atoms with van der Waals surface area (Å²) in [6.07, 6.45) is 0.0824. The molecule has 2 rings (SSSR count). The number of halogens is 3. The predicted octanol–water partition coefficient (Wildman–Crippen LogP) is 2.97. The molecule has 0 spiro atoms. The first-order valence-electron chi connectivity index (χ1n) is 7.13. The van der Waals surface area contributed by atoms with Crippen LogP contribution in [0.25, 0.3) is 0 Å². The number of hydrogen-bond acceptors (Lipinski definition) is 5. The van der Waals surface area contributed by atoms with E-state index in [0.717, 1.165) is 12.1 Å². The highest BCUT2D eigenvalue weighted by Gasteiger charge is 2.12. The number of benzene rings is 1. The molecule has 0 aliphatic carbocycles. The smallest absolute Gasteiger partial charge is 0.323 e. The topological polar surface area (TPSA) is 79.4 Å². The Labute approximate surface area is 141 Å². The third kappa shape index (κ3) is 5.52. The molecule has 0 bridgehead atoms. The average molecular weight is 355 g/mol. The molecule has 10 heteroatoms. The molecule has 0 saturated heterocycles. The fourth-order valence-corrected chi connectivity index (χ4v) is 1.77. The van der Waals surface area contributed by atoms with Gasteiger partial charge < -0.3 is 20.3 Å². The zero-order valence-corrected chi connectivity index (χ0v) is 13.5. The standard InChI is InChI=1S/C15H16F3N5O2/c1-23(2)14-19-6-10(7-20-14)21-15(24)22-11-4-3-9(16)5-12(11)25-8-13(17)18/h3-7,13H,8H2,1-2H3,(H2,21,22,24). The van der Waals surface area contributed by atoms with E-state index in [9.17, 15) is 18.0 Å². The summed E-state index contributed by atoms with van der Waals surface area (Å²) in [7, 11) is 3.54. The molecule has 134 valence electrons. The van der Waals surface area contributed by atoms with Gasteiger partial charge in [0.1, 0.15) is 18.2 Å². The lowest BCUT2D eigenvalue weighted by molar-refractivity contribution is 0.0821. The monoisotopic (exact) mass is 355 g/mol. The fourth-order valence-electron chi connectivity index (χ4n) is 1.77. The molecule has 7 nitrogen and oxygen atoms in total. The minimum atomic E-state index is -2.72. The van der Waals surface area contributed by atoms with Crippen LogP contribution in [-0.4, -0.2) is 43.1 Å². The third-order valence-corrected chi connectivity index (χ3v) is 2.85. The van der Waals surface area contributed by atoms with Crippen molar-refractivity contribution in [3.63, 3.8) is 0 Å². The molecule has 0 unspecified atom stereocenters. The first-order chi connectivity index (χ1) is 11.8. The number of hydrogen-bond donors (Lipinski definition) is 2. The molecule has 0 saturated carbocycles. The van der Waals surface area contributed by atoms with Gasteiger partial charge >= 0.3 is 6.03 Å². The minimum absolute atomic E-state index is 0.0466. The molecule has 1 aromatic heterocycles. The van der Waals surface area contributed by atoms with E-state index in [0.29, 0.717) is 11.6 Å². The number of nitrogens with zero attached hydrogens (tertiary/aromatic N) is 3. The molecule has 0 aliphatic rings. The van der Waals surface area contributed by atoms with Crippen molar-refractivity contribution in [1.29, 1.82) is 0 Å². The van der Waals surface area contributed by atoms with Crippen molar-refractivity contribution in [3.8, 4) is 5.75 Å². The van der Waals surface area contributed by atoms with Gasteiger partial charge in [0.2, 0.25) is 5.95 Å². The van der Waals surface area contributed by atoms with Crippen molar-refractivity contribution >= 4 is 23.4 Å². The summed E-state index contributed by atoms with van der Waals surface area (Å²) >= 11 is 0. The first-order valence-corrected chi connectivity index (χ1v) is 7.13. The van der Waals surface area contributed by atoms with E-state index in [1.165, 1.54) is 18.5 Å². The van der Waals surface area contributed by atoms with Crippen LogP contribution < -0.4 is 20.3 Å². The SMILES string of the molecule is CN(C)c1ncc(NC(=O)Nc2ccc(F)cc2OCC(F)F)cn1. The Morgan fingerprint density at radius 1 is 1.24 bits per heavy atom. The van der Waals surface area contributed by atoms with Gasteiger partial charge in [-0.15, -0.1) is 0 Å². The van der Waals surface area contributed by atoms with Crippen LogP contribution in [0.5, 0.6) is 5.75 Å². The Morgan fingerprint density at radius 2 is 1.92 bits per heavy atom. The fraction of sp³-hybridized carbons (Fsp3) is 0.267. The Balaban J connectivity index is 2.04. The largest absolute Gasteiger partial charge is 0.485 e. The second-order valence-electron chi connectivity index (χ2n) is 5.09. The van der Waals surface area contributed by atoms with Crippen LogP contribution in [0.3, 0.4) is 0 Å². The molecule has 2 amide bonds. The van der Waals surface area contributed by atoms with Crippen LogP contribution >= 0.6 is 0 Å². The number of rotatable bonds is 6. The summed E-state index contributed by atoms with van der Waals surface area (Å²) in [4.78, 5) is 21.7. The van der Waals surface area contributed by atoms with Crippen LogP contribution in [0.4, 0.5) is 35.3 Å². The van der Waals surface area contributed by atoms with Crippen LogP contribution in [0, 0.1) is 5.82 Å². The highest BCUT2D eigenvalue weighted by molar-refractivity contribution is 6.00. The predicted molar refractivity (Wildman–Crippen MR) is 86.9 cm³/mol. The van der Waals surface area contributed by atoms with Crippen molar-refractivity contribution < 1.29 is 22.7 Å². The van der Waals surface area contributed by atoms with Gasteiger partial charge in [-0.1, -0.05) is 0 Å². The van der Waals surface area contributed by atoms with Crippen molar-refractivity contribution in [2.24, 2.45) is 0 Å². The summed E-state index contributed by atoms with van der Waals surface area (Å²) in [5.74, 6) is -0.412. The highest BCUT2D eigenvalue weighted by Crippen LogP contribution is 2.26. The number of amides is 2. The molecule has 2 aromatic rings. The Bertz CT molecular complexity index is 726. The summed E-state index contributed by atoms with van der Waals surface area (Å²) in [6, 6.07) is 2.50. The van der Waals surface area contributed by atoms with E-state index in [1.54, 1.807) is 19.0 Å². The van der Waals surface area contributed by atoms with Crippen LogP contribution in [0.1, 0.15) is 0 Å². The van der Waals surface area contributed by atoms with E-state index in [1.807, 2.05) is 0 Å². The van der Waals surface area contributed by atoms with E-state index >= 15 is 0 Å². The first kappa shape index (κ1) is 18.3. The highest BCUT2D eigenvalue weighted by atomic mass is 19.3. The molecule has 0 radical (unpaired) electrons. The lowest BCUT2D eigenvalue weighted by Gasteiger charge is -2.13. The summed E-state index contributed by atoms with van der Waals surface area (Å²) in [6.45, 7) is -0.917. The maximum absolute atomic E-state index is 13.2. The molecule has 1 aromatic carbocycles. The quantitative estimate of drug-likeness (QED) is 0.833. The van der Waals surface area contributed by atoms with E-state index in [-0.39, 0.29) is 11.4 Å². The molecule has 0 fully saturated rings. The third-order valence-electron chi connectivity index (χ3n) is 2.85. The summed E-state index contributed by atoms with van der Waals surface area (Å²) < 4.78 is 42.6. The second-order valence-corrected chi connectivity index (χ2v) is 5.09. The Kier molecular flexibility index (Phi) is 5.98. The van der Waals surface area contributed by atoms with Crippen molar-refractivity contribution in [1.82, 2.24) is 9.97 Å². The molecule has 25 heavy (non-hydrogen) atoms. The summed E-state index contributed by atoms with van der Waals surface area (Å²) in [5, 5.41) is 4.87. The molecular formula is C15H16F3N5O2. The van der Waals surface area contributed by atoms with E-state index in [2.05, 4.69) is 20.6 Å². The van der Waals surface area contributed by atoms with Gasteiger partial charge in [-0.05, 0) is 12.1 Å². The van der Waals surface area contributed by atoms with Crippen molar-refractivity contribution in [3.05, 3.63) is 36.4 Å². The molecule has 2 N–H and O–H groups in total. The number of urea groups is 1. The van der Waals surface area contributed by atoms with E-state index in [4.69, 9.17) is 4.74 Å². The number of carbonyl (C=O) groups is 1. The Hall–Kier alpha value is -3.04. The number of carbonyl (C=O) groups excluding carboxylic acids is 1. The lowest BCUT2D eigenvalue weighted by atomic mass is 10.3. The van der Waals surface area contributed by atoms with Crippen LogP contribution in [-0.2, 0) is 0 Å². The maximum Gasteiger partial charge on any atom is 0.323 e. The zero-order valence-electron chi connectivity index (χ0n) is 13.5. The van der Waals surface area contributed by atoms with Crippen molar-refractivity contribution in [2.45, 2.75) is 6.43 Å². The van der Waals surface area contributed by atoms with Crippen LogP contribution in [0.15, 0.2) is 30.6 Å². The van der Waals surface area contributed by atoms with Gasteiger partial charge in [-0.2, -0.15) is 0 Å². The average Bonchev–Trinajstić information content (AvgIpc) is 2.55.